The molecule has 0 aromatic heterocycles. The zero-order valence-corrected chi connectivity index (χ0v) is 14.8. The maximum Gasteiger partial charge on any atom is 0.284 e. The first-order valence-corrected chi connectivity index (χ1v) is 9.49. The van der Waals surface area contributed by atoms with Crippen LogP contribution in [-0.2, 0) is 4.79 Å². The van der Waals surface area contributed by atoms with Gasteiger partial charge in [0.2, 0.25) is 6.10 Å². The van der Waals surface area contributed by atoms with Crippen molar-refractivity contribution in [1.29, 1.82) is 0 Å². The Morgan fingerprint density at radius 1 is 1.15 bits per heavy atom. The van der Waals surface area contributed by atoms with E-state index in [1.165, 1.54) is 0 Å². The molecule has 2 heterocycles. The van der Waals surface area contributed by atoms with Crippen LogP contribution in [0.15, 0.2) is 53.6 Å². The summed E-state index contributed by atoms with van der Waals surface area (Å²) in [5, 5.41) is 3.99. The number of hydrazone groups is 1. The maximum atomic E-state index is 12.2. The Balaban J connectivity index is 1.28. The highest BCUT2D eigenvalue weighted by Crippen LogP contribution is 2.30. The fourth-order valence-corrected chi connectivity index (χ4v) is 3.06. The van der Waals surface area contributed by atoms with E-state index in [9.17, 15) is 4.79 Å². The third-order valence-corrected chi connectivity index (χ3v) is 5.19. The highest BCUT2D eigenvalue weighted by Gasteiger charge is 2.27. The van der Waals surface area contributed by atoms with E-state index in [-0.39, 0.29) is 12.5 Å². The maximum absolute atomic E-state index is 12.2. The third-order valence-electron chi connectivity index (χ3n) is 3.98. The molecular formula is C19H18N2O4S. The molecule has 134 valence electrons. The molecule has 1 fully saturated rings. The Morgan fingerprint density at radius 3 is 2.65 bits per heavy atom. The van der Waals surface area contributed by atoms with Crippen molar-refractivity contribution in [2.45, 2.75) is 12.2 Å². The molecule has 2 aliphatic heterocycles. The summed E-state index contributed by atoms with van der Waals surface area (Å²) in [7, 11) is 0. The number of nitrogens with zero attached hydrogens (tertiary/aromatic N) is 1. The monoisotopic (exact) mass is 370 g/mol. The van der Waals surface area contributed by atoms with Gasteiger partial charge in [-0.3, -0.25) is 4.79 Å². The predicted octanol–water partition coefficient (Wildman–Crippen LogP) is 2.47. The molecule has 2 aromatic carbocycles. The van der Waals surface area contributed by atoms with Crippen molar-refractivity contribution >= 4 is 23.9 Å². The summed E-state index contributed by atoms with van der Waals surface area (Å²) < 4.78 is 17.0. The molecule has 0 radical (unpaired) electrons. The third kappa shape index (κ3) is 3.94. The van der Waals surface area contributed by atoms with Crippen molar-refractivity contribution in [1.82, 2.24) is 5.43 Å². The van der Waals surface area contributed by atoms with Crippen LogP contribution < -0.4 is 19.6 Å². The van der Waals surface area contributed by atoms with E-state index in [1.54, 1.807) is 18.3 Å². The molecule has 1 atom stereocenters. The summed E-state index contributed by atoms with van der Waals surface area (Å²) in [5.74, 6) is 3.80. The second-order valence-electron chi connectivity index (χ2n) is 5.94. The Morgan fingerprint density at radius 2 is 1.92 bits per heavy atom. The van der Waals surface area contributed by atoms with Gasteiger partial charge in [0.25, 0.3) is 5.91 Å². The minimum Gasteiger partial charge on any atom is -0.489 e. The first kappa shape index (κ1) is 16.8. The van der Waals surface area contributed by atoms with Gasteiger partial charge in [0.1, 0.15) is 18.5 Å². The van der Waals surface area contributed by atoms with Gasteiger partial charge in [0.05, 0.1) is 6.21 Å². The van der Waals surface area contributed by atoms with E-state index in [1.807, 2.05) is 48.2 Å². The second kappa shape index (κ2) is 7.70. The van der Waals surface area contributed by atoms with Gasteiger partial charge in [0, 0.05) is 11.5 Å². The van der Waals surface area contributed by atoms with Gasteiger partial charge >= 0.3 is 0 Å². The Hall–Kier alpha value is -2.67. The topological polar surface area (TPSA) is 69.2 Å². The van der Waals surface area contributed by atoms with Crippen molar-refractivity contribution in [3.05, 3.63) is 54.1 Å². The number of nitrogens with one attached hydrogen (secondary N) is 1. The molecule has 2 aromatic rings. The van der Waals surface area contributed by atoms with Crippen LogP contribution in [0.3, 0.4) is 0 Å². The SMILES string of the molecule is O=C(N/N=C\c1ccc(OC2CSC2)cc1)[C@H]1COc2ccccc2O1. The molecule has 1 N–H and O–H groups in total. The highest BCUT2D eigenvalue weighted by atomic mass is 32.2. The quantitative estimate of drug-likeness (QED) is 0.647. The summed E-state index contributed by atoms with van der Waals surface area (Å²) in [6, 6.07) is 14.9. The molecule has 7 heteroatoms. The van der Waals surface area contributed by atoms with Crippen LogP contribution in [0.1, 0.15) is 5.56 Å². The van der Waals surface area contributed by atoms with Crippen molar-refractivity contribution in [3.63, 3.8) is 0 Å². The van der Waals surface area contributed by atoms with Gasteiger partial charge in [0.15, 0.2) is 11.5 Å². The summed E-state index contributed by atoms with van der Waals surface area (Å²) in [4.78, 5) is 12.2. The van der Waals surface area contributed by atoms with Crippen LogP contribution in [0.2, 0.25) is 0 Å². The standard InChI is InChI=1S/C19H18N2O4S/c22-19(18-10-23-16-3-1-2-4-17(16)25-18)21-20-9-13-5-7-14(8-6-13)24-15-11-26-12-15/h1-9,15,18H,10-12H2,(H,21,22)/b20-9-/t18-/m1/s1. The van der Waals surface area contributed by atoms with Crippen molar-refractivity contribution < 1.29 is 19.0 Å². The molecule has 26 heavy (non-hydrogen) atoms. The van der Waals surface area contributed by atoms with Crippen LogP contribution >= 0.6 is 11.8 Å². The average molecular weight is 370 g/mol. The number of hydrogen-bond acceptors (Lipinski definition) is 6. The van der Waals surface area contributed by atoms with Crippen molar-refractivity contribution in [2.75, 3.05) is 18.1 Å². The van der Waals surface area contributed by atoms with Crippen LogP contribution in [-0.4, -0.2) is 42.4 Å². The number of ether oxygens (including phenoxy) is 3. The predicted molar refractivity (Wildman–Crippen MR) is 100 cm³/mol. The highest BCUT2D eigenvalue weighted by molar-refractivity contribution is 8.00. The zero-order valence-electron chi connectivity index (χ0n) is 14.0. The Labute approximate surface area is 155 Å². The lowest BCUT2D eigenvalue weighted by atomic mass is 10.2. The van der Waals surface area contributed by atoms with Crippen LogP contribution in [0.25, 0.3) is 0 Å². The number of thioether (sulfide) groups is 1. The number of para-hydroxylation sites is 2. The summed E-state index contributed by atoms with van der Waals surface area (Å²) in [6.07, 6.45) is 1.18. The number of benzene rings is 2. The lowest BCUT2D eigenvalue weighted by Gasteiger charge is -2.25. The summed E-state index contributed by atoms with van der Waals surface area (Å²) in [5.41, 5.74) is 3.36. The molecule has 0 saturated carbocycles. The molecule has 1 amide bonds. The molecule has 4 rings (SSSR count). The minimum atomic E-state index is -0.724. The lowest BCUT2D eigenvalue weighted by molar-refractivity contribution is -0.130. The first-order valence-electron chi connectivity index (χ1n) is 8.34. The van der Waals surface area contributed by atoms with Crippen LogP contribution in [0.4, 0.5) is 0 Å². The Kier molecular flexibility index (Phi) is 4.97. The van der Waals surface area contributed by atoms with E-state index in [4.69, 9.17) is 14.2 Å². The van der Waals surface area contributed by atoms with E-state index < -0.39 is 6.10 Å². The average Bonchev–Trinajstić information content (AvgIpc) is 2.65. The van der Waals surface area contributed by atoms with Crippen molar-refractivity contribution in [2.24, 2.45) is 5.10 Å². The van der Waals surface area contributed by atoms with Gasteiger partial charge in [-0.25, -0.2) is 5.43 Å². The number of fused-ring (bicyclic) bond motifs is 1. The zero-order chi connectivity index (χ0) is 17.8. The molecule has 0 spiro atoms. The van der Waals surface area contributed by atoms with Gasteiger partial charge in [-0.05, 0) is 42.0 Å². The first-order chi connectivity index (χ1) is 12.8. The van der Waals surface area contributed by atoms with Gasteiger partial charge in [-0.1, -0.05) is 12.1 Å². The molecular weight excluding hydrogens is 352 g/mol. The molecule has 2 aliphatic rings. The number of hydrogen-bond donors (Lipinski definition) is 1. The smallest absolute Gasteiger partial charge is 0.284 e. The van der Waals surface area contributed by atoms with E-state index >= 15 is 0 Å². The number of carbonyl (C=O) groups excluding carboxylic acids is 1. The molecule has 0 bridgehead atoms. The van der Waals surface area contributed by atoms with E-state index in [0.717, 1.165) is 22.8 Å². The van der Waals surface area contributed by atoms with Gasteiger partial charge < -0.3 is 14.2 Å². The summed E-state index contributed by atoms with van der Waals surface area (Å²) >= 11 is 1.88. The fraction of sp³-hybridized carbons (Fsp3) is 0.263. The lowest BCUT2D eigenvalue weighted by Crippen LogP contribution is -2.42. The van der Waals surface area contributed by atoms with Crippen LogP contribution in [0.5, 0.6) is 17.2 Å². The number of carbonyl (C=O) groups is 1. The molecule has 0 unspecified atom stereocenters. The number of rotatable bonds is 5. The van der Waals surface area contributed by atoms with E-state index in [0.29, 0.717) is 17.6 Å². The molecule has 1 saturated heterocycles. The minimum absolute atomic E-state index is 0.157. The largest absolute Gasteiger partial charge is 0.489 e. The van der Waals surface area contributed by atoms with Gasteiger partial charge in [-0.15, -0.1) is 0 Å². The second-order valence-corrected chi connectivity index (χ2v) is 7.02. The molecule has 0 aliphatic carbocycles. The summed E-state index contributed by atoms with van der Waals surface area (Å²) in [6.45, 7) is 0.157. The molecule has 6 nitrogen and oxygen atoms in total. The van der Waals surface area contributed by atoms with E-state index in [2.05, 4.69) is 10.5 Å². The Bertz CT molecular complexity index is 805. The van der Waals surface area contributed by atoms with Gasteiger partial charge in [-0.2, -0.15) is 16.9 Å². The van der Waals surface area contributed by atoms with Crippen molar-refractivity contribution in [3.8, 4) is 17.2 Å². The number of amides is 1. The normalized spacial score (nSPS) is 19.0. The van der Waals surface area contributed by atoms with Crippen LogP contribution in [0, 0.1) is 0 Å². The fourth-order valence-electron chi connectivity index (χ4n) is 2.50.